The van der Waals surface area contributed by atoms with Crippen LogP contribution >= 0.6 is 0 Å². The molecule has 3 aromatic carbocycles. The van der Waals surface area contributed by atoms with Gasteiger partial charge in [0.15, 0.2) is 0 Å². The van der Waals surface area contributed by atoms with Crippen LogP contribution in [0.15, 0.2) is 60.7 Å². The van der Waals surface area contributed by atoms with Gasteiger partial charge in [-0.2, -0.15) is 0 Å². The van der Waals surface area contributed by atoms with E-state index in [-0.39, 0.29) is 11.5 Å². The first-order chi connectivity index (χ1) is 13.1. The zero-order chi connectivity index (χ0) is 19.4. The lowest BCUT2D eigenvalue weighted by molar-refractivity contribution is 0.111. The molecule has 27 heavy (non-hydrogen) atoms. The molecule has 0 aliphatic heterocycles. The normalized spacial score (nSPS) is 10.6. The van der Waals surface area contributed by atoms with E-state index >= 15 is 0 Å². The fourth-order valence-electron chi connectivity index (χ4n) is 3.10. The minimum absolute atomic E-state index is 0.0238. The summed E-state index contributed by atoms with van der Waals surface area (Å²) in [6, 6.07) is 16.2. The van der Waals surface area contributed by atoms with Crippen LogP contribution < -0.4 is 4.74 Å². The lowest BCUT2D eigenvalue weighted by atomic mass is 9.83. The number of methoxy groups -OCH3 is 1. The van der Waals surface area contributed by atoms with Crippen LogP contribution in [0, 0.1) is 0 Å². The zero-order valence-corrected chi connectivity index (χ0v) is 14.6. The smallest absolute Gasteiger partial charge is 0.150 e. The van der Waals surface area contributed by atoms with Gasteiger partial charge in [-0.3, -0.25) is 9.59 Å². The molecule has 0 aliphatic rings. The fraction of sp³-hybridized carbons (Fsp3) is 0.0909. The molecule has 5 nitrogen and oxygen atoms in total. The molecule has 0 spiro atoms. The number of carbonyl (C=O) groups is 2. The van der Waals surface area contributed by atoms with Gasteiger partial charge in [0.25, 0.3) is 0 Å². The van der Waals surface area contributed by atoms with Crippen molar-refractivity contribution in [3.05, 3.63) is 88.5 Å². The second-order valence-corrected chi connectivity index (χ2v) is 6.08. The number of rotatable bonds is 6. The summed E-state index contributed by atoms with van der Waals surface area (Å²) in [7, 11) is 1.54. The third-order valence-electron chi connectivity index (χ3n) is 4.42. The van der Waals surface area contributed by atoms with Gasteiger partial charge < -0.3 is 14.9 Å². The molecule has 0 amide bonds. The number of hydrogen-bond acceptors (Lipinski definition) is 5. The number of aldehydes is 2. The molecule has 0 unspecified atom stereocenters. The minimum atomic E-state index is -0.611. The highest BCUT2D eigenvalue weighted by molar-refractivity contribution is 5.77. The predicted octanol–water partition coefficient (Wildman–Crippen LogP) is 3.91. The van der Waals surface area contributed by atoms with Gasteiger partial charge in [0.05, 0.1) is 7.11 Å². The number of phenols is 2. The Balaban J connectivity index is 2.30. The van der Waals surface area contributed by atoms with Crippen LogP contribution in [-0.4, -0.2) is 29.9 Å². The highest BCUT2D eigenvalue weighted by Crippen LogP contribution is 2.41. The lowest BCUT2D eigenvalue weighted by Gasteiger charge is -2.22. The Morgan fingerprint density at radius 3 is 1.85 bits per heavy atom. The molecule has 0 atom stereocenters. The SMILES string of the molecule is COc1cccc(C(c2cc(C=O)ccc2O)c2cc(C=O)ccc2O)c1. The fourth-order valence-corrected chi connectivity index (χ4v) is 3.10. The number of ether oxygens (including phenoxy) is 1. The van der Waals surface area contributed by atoms with Crippen molar-refractivity contribution >= 4 is 12.6 Å². The first-order valence-electron chi connectivity index (χ1n) is 8.27. The van der Waals surface area contributed by atoms with Crippen molar-refractivity contribution in [1.29, 1.82) is 0 Å². The van der Waals surface area contributed by atoms with Crippen LogP contribution in [0.25, 0.3) is 0 Å². The van der Waals surface area contributed by atoms with Crippen molar-refractivity contribution in [2.24, 2.45) is 0 Å². The van der Waals surface area contributed by atoms with Crippen molar-refractivity contribution in [3.63, 3.8) is 0 Å². The molecule has 2 N–H and O–H groups in total. The summed E-state index contributed by atoms with van der Waals surface area (Å²) in [5.74, 6) is -0.0527. The van der Waals surface area contributed by atoms with E-state index < -0.39 is 5.92 Å². The number of aromatic hydroxyl groups is 2. The molecule has 136 valence electrons. The van der Waals surface area contributed by atoms with Gasteiger partial charge in [-0.05, 0) is 54.1 Å². The van der Waals surface area contributed by atoms with E-state index in [1.807, 2.05) is 6.07 Å². The van der Waals surface area contributed by atoms with E-state index in [9.17, 15) is 19.8 Å². The summed E-state index contributed by atoms with van der Waals surface area (Å²) in [4.78, 5) is 22.5. The van der Waals surface area contributed by atoms with Crippen LogP contribution in [0.2, 0.25) is 0 Å². The van der Waals surface area contributed by atoms with Crippen LogP contribution in [0.3, 0.4) is 0 Å². The maximum Gasteiger partial charge on any atom is 0.150 e. The Morgan fingerprint density at radius 1 is 0.815 bits per heavy atom. The van der Waals surface area contributed by atoms with Crippen molar-refractivity contribution in [2.75, 3.05) is 7.11 Å². The van der Waals surface area contributed by atoms with Crippen molar-refractivity contribution < 1.29 is 24.5 Å². The van der Waals surface area contributed by atoms with Crippen molar-refractivity contribution in [3.8, 4) is 17.2 Å². The summed E-state index contributed by atoms with van der Waals surface area (Å²) in [5.41, 5.74) is 2.38. The van der Waals surface area contributed by atoms with E-state index in [0.29, 0.717) is 40.6 Å². The highest BCUT2D eigenvalue weighted by atomic mass is 16.5. The number of carbonyl (C=O) groups excluding carboxylic acids is 2. The van der Waals surface area contributed by atoms with Gasteiger partial charge in [0.1, 0.15) is 29.8 Å². The topological polar surface area (TPSA) is 83.8 Å². The van der Waals surface area contributed by atoms with Crippen LogP contribution in [-0.2, 0) is 0 Å². The molecular formula is C22H18O5. The molecule has 3 rings (SSSR count). The maximum atomic E-state index is 11.2. The van der Waals surface area contributed by atoms with Crippen molar-refractivity contribution in [2.45, 2.75) is 5.92 Å². The average Bonchev–Trinajstić information content (AvgIpc) is 2.71. The molecule has 0 aromatic heterocycles. The molecular weight excluding hydrogens is 344 g/mol. The molecule has 0 radical (unpaired) electrons. The van der Waals surface area contributed by atoms with Crippen LogP contribution in [0.1, 0.15) is 43.3 Å². The van der Waals surface area contributed by atoms with Gasteiger partial charge in [-0.1, -0.05) is 12.1 Å². The molecule has 0 heterocycles. The maximum absolute atomic E-state index is 11.2. The molecule has 5 heteroatoms. The quantitative estimate of drug-likeness (QED) is 0.513. The number of benzene rings is 3. The minimum Gasteiger partial charge on any atom is -0.508 e. The molecule has 0 fully saturated rings. The van der Waals surface area contributed by atoms with Gasteiger partial charge in [-0.25, -0.2) is 0 Å². The highest BCUT2D eigenvalue weighted by Gasteiger charge is 2.24. The Labute approximate surface area is 156 Å². The summed E-state index contributed by atoms with van der Waals surface area (Å²) >= 11 is 0. The standard InChI is InChI=1S/C22H18O5/c1-27-17-4-2-3-16(11-17)22(18-9-14(12-23)5-7-20(18)25)19-10-15(13-24)6-8-21(19)26/h2-13,22,25-26H,1H3. The molecule has 0 saturated carbocycles. The van der Waals surface area contributed by atoms with Gasteiger partial charge in [-0.15, -0.1) is 0 Å². The monoisotopic (exact) mass is 362 g/mol. The van der Waals surface area contributed by atoms with Crippen LogP contribution in [0.4, 0.5) is 0 Å². The third kappa shape index (κ3) is 3.67. The van der Waals surface area contributed by atoms with Gasteiger partial charge in [0.2, 0.25) is 0 Å². The Kier molecular flexibility index (Phi) is 5.22. The second-order valence-electron chi connectivity index (χ2n) is 6.08. The molecule has 0 saturated heterocycles. The Morgan fingerprint density at radius 2 is 1.37 bits per heavy atom. The van der Waals surface area contributed by atoms with Crippen molar-refractivity contribution in [1.82, 2.24) is 0 Å². The summed E-state index contributed by atoms with van der Waals surface area (Å²) in [6.07, 6.45) is 1.38. The van der Waals surface area contributed by atoms with Gasteiger partial charge in [0, 0.05) is 28.2 Å². The van der Waals surface area contributed by atoms with Crippen LogP contribution in [0.5, 0.6) is 17.2 Å². The second kappa shape index (κ2) is 7.74. The van der Waals surface area contributed by atoms with E-state index in [4.69, 9.17) is 4.74 Å². The summed E-state index contributed by atoms with van der Waals surface area (Å²) in [5, 5.41) is 20.9. The largest absolute Gasteiger partial charge is 0.508 e. The summed E-state index contributed by atoms with van der Waals surface area (Å²) < 4.78 is 5.29. The number of hydrogen-bond donors (Lipinski definition) is 2. The first-order valence-corrected chi connectivity index (χ1v) is 8.27. The van der Waals surface area contributed by atoms with E-state index in [0.717, 1.165) is 5.56 Å². The summed E-state index contributed by atoms with van der Waals surface area (Å²) in [6.45, 7) is 0. The van der Waals surface area contributed by atoms with E-state index in [1.54, 1.807) is 37.4 Å². The van der Waals surface area contributed by atoms with E-state index in [2.05, 4.69) is 0 Å². The Bertz CT molecular complexity index is 936. The lowest BCUT2D eigenvalue weighted by Crippen LogP contribution is -2.06. The number of phenolic OH excluding ortho intramolecular Hbond substituents is 2. The third-order valence-corrected chi connectivity index (χ3v) is 4.42. The van der Waals surface area contributed by atoms with E-state index in [1.165, 1.54) is 24.3 Å². The Hall–Kier alpha value is -3.60. The molecule has 0 bridgehead atoms. The zero-order valence-electron chi connectivity index (χ0n) is 14.6. The molecule has 3 aromatic rings. The first kappa shape index (κ1) is 18.2. The van der Waals surface area contributed by atoms with Gasteiger partial charge >= 0.3 is 0 Å². The average molecular weight is 362 g/mol. The molecule has 0 aliphatic carbocycles. The predicted molar refractivity (Wildman–Crippen MR) is 101 cm³/mol.